The molecular formula is C20H20F4N2O2. The lowest BCUT2D eigenvalue weighted by Gasteiger charge is -2.07. The van der Waals surface area contributed by atoms with E-state index in [9.17, 15) is 27.2 Å². The van der Waals surface area contributed by atoms with Gasteiger partial charge in [0, 0.05) is 25.0 Å². The van der Waals surface area contributed by atoms with Crippen LogP contribution in [0.3, 0.4) is 0 Å². The summed E-state index contributed by atoms with van der Waals surface area (Å²) >= 11 is 0. The number of halogens is 4. The zero-order chi connectivity index (χ0) is 20.5. The molecule has 0 aromatic heterocycles. The third-order valence-corrected chi connectivity index (χ3v) is 3.97. The predicted octanol–water partition coefficient (Wildman–Crippen LogP) is 5.16. The fraction of sp³-hybridized carbons (Fsp3) is 0.300. The van der Waals surface area contributed by atoms with E-state index in [4.69, 9.17) is 0 Å². The second kappa shape index (κ2) is 10.4. The Hall–Kier alpha value is -2.90. The van der Waals surface area contributed by atoms with Crippen LogP contribution in [0.5, 0.6) is 0 Å². The SMILES string of the molecule is O=C(CCCCCCC(=O)Nc1ccc(F)cc1F)Nc1ccc(F)cc1F. The molecule has 0 bridgehead atoms. The predicted molar refractivity (Wildman–Crippen MR) is 97.7 cm³/mol. The molecule has 8 heteroatoms. The number of hydrogen-bond donors (Lipinski definition) is 2. The summed E-state index contributed by atoms with van der Waals surface area (Å²) in [5, 5.41) is 4.75. The summed E-state index contributed by atoms with van der Waals surface area (Å²) in [4.78, 5) is 23.5. The quantitative estimate of drug-likeness (QED) is 0.454. The number of nitrogens with one attached hydrogen (secondary N) is 2. The smallest absolute Gasteiger partial charge is 0.224 e. The Morgan fingerprint density at radius 1 is 0.643 bits per heavy atom. The molecule has 0 aliphatic heterocycles. The van der Waals surface area contributed by atoms with E-state index in [0.717, 1.165) is 24.3 Å². The molecule has 2 rings (SSSR count). The largest absolute Gasteiger partial charge is 0.324 e. The van der Waals surface area contributed by atoms with Crippen molar-refractivity contribution >= 4 is 23.2 Å². The van der Waals surface area contributed by atoms with Crippen molar-refractivity contribution in [1.29, 1.82) is 0 Å². The van der Waals surface area contributed by atoms with Gasteiger partial charge in [0.15, 0.2) is 0 Å². The zero-order valence-corrected chi connectivity index (χ0v) is 15.0. The van der Waals surface area contributed by atoms with Crippen LogP contribution in [0.25, 0.3) is 0 Å². The molecule has 2 amide bonds. The molecule has 0 unspecified atom stereocenters. The second-order valence-corrected chi connectivity index (χ2v) is 6.26. The Balaban J connectivity index is 1.59. The molecule has 0 aliphatic rings. The summed E-state index contributed by atoms with van der Waals surface area (Å²) in [6.45, 7) is 0. The number of carbonyl (C=O) groups is 2. The molecule has 150 valence electrons. The topological polar surface area (TPSA) is 58.2 Å². The van der Waals surface area contributed by atoms with Crippen LogP contribution in [-0.2, 0) is 9.59 Å². The summed E-state index contributed by atoms with van der Waals surface area (Å²) in [6.07, 6.45) is 2.79. The molecule has 2 aromatic rings. The van der Waals surface area contributed by atoms with Crippen LogP contribution in [0.2, 0.25) is 0 Å². The van der Waals surface area contributed by atoms with Gasteiger partial charge in [0.25, 0.3) is 0 Å². The number of unbranched alkanes of at least 4 members (excludes halogenated alkanes) is 3. The highest BCUT2D eigenvalue weighted by atomic mass is 19.1. The number of rotatable bonds is 9. The maximum Gasteiger partial charge on any atom is 0.224 e. The van der Waals surface area contributed by atoms with E-state index >= 15 is 0 Å². The van der Waals surface area contributed by atoms with Crippen LogP contribution in [0.1, 0.15) is 38.5 Å². The van der Waals surface area contributed by atoms with Crippen molar-refractivity contribution < 1.29 is 27.2 Å². The Labute approximate surface area is 159 Å². The molecule has 0 heterocycles. The summed E-state index contributed by atoms with van der Waals surface area (Å²) in [6, 6.07) is 5.82. The van der Waals surface area contributed by atoms with E-state index in [0.29, 0.717) is 37.8 Å². The maximum absolute atomic E-state index is 13.4. The Morgan fingerprint density at radius 2 is 1.04 bits per heavy atom. The van der Waals surface area contributed by atoms with Crippen molar-refractivity contribution in [2.24, 2.45) is 0 Å². The van der Waals surface area contributed by atoms with Gasteiger partial charge in [0.05, 0.1) is 11.4 Å². The van der Waals surface area contributed by atoms with Gasteiger partial charge in [0.2, 0.25) is 11.8 Å². The molecule has 0 aliphatic carbocycles. The van der Waals surface area contributed by atoms with Crippen LogP contribution in [0, 0.1) is 23.3 Å². The molecule has 0 saturated carbocycles. The molecule has 0 spiro atoms. The third-order valence-electron chi connectivity index (χ3n) is 3.97. The Morgan fingerprint density at radius 3 is 1.39 bits per heavy atom. The molecule has 2 N–H and O–H groups in total. The van der Waals surface area contributed by atoms with E-state index in [1.54, 1.807) is 0 Å². The average Bonchev–Trinajstić information content (AvgIpc) is 2.63. The van der Waals surface area contributed by atoms with Gasteiger partial charge in [-0.05, 0) is 37.1 Å². The Kier molecular flexibility index (Phi) is 7.98. The summed E-state index contributed by atoms with van der Waals surface area (Å²) < 4.78 is 52.5. The summed E-state index contributed by atoms with van der Waals surface area (Å²) in [5.41, 5.74) is -0.146. The van der Waals surface area contributed by atoms with Gasteiger partial charge in [-0.15, -0.1) is 0 Å². The van der Waals surface area contributed by atoms with Crippen LogP contribution in [-0.4, -0.2) is 11.8 Å². The van der Waals surface area contributed by atoms with E-state index in [1.807, 2.05) is 0 Å². The van der Waals surface area contributed by atoms with Crippen LogP contribution >= 0.6 is 0 Å². The Bertz CT molecular complexity index is 773. The van der Waals surface area contributed by atoms with Gasteiger partial charge >= 0.3 is 0 Å². The number of amides is 2. The molecule has 4 nitrogen and oxygen atoms in total. The molecule has 0 saturated heterocycles. The monoisotopic (exact) mass is 396 g/mol. The minimum absolute atomic E-state index is 0.0731. The van der Waals surface area contributed by atoms with Crippen LogP contribution in [0.15, 0.2) is 36.4 Å². The van der Waals surface area contributed by atoms with Crippen molar-refractivity contribution in [3.63, 3.8) is 0 Å². The molecule has 0 radical (unpaired) electrons. The van der Waals surface area contributed by atoms with Crippen molar-refractivity contribution in [1.82, 2.24) is 0 Å². The first-order valence-corrected chi connectivity index (χ1v) is 8.85. The van der Waals surface area contributed by atoms with E-state index < -0.39 is 23.3 Å². The highest BCUT2D eigenvalue weighted by molar-refractivity contribution is 5.91. The van der Waals surface area contributed by atoms with Crippen molar-refractivity contribution in [3.05, 3.63) is 59.7 Å². The van der Waals surface area contributed by atoms with Gasteiger partial charge in [-0.25, -0.2) is 17.6 Å². The minimum atomic E-state index is -0.836. The van der Waals surface area contributed by atoms with E-state index in [1.165, 1.54) is 0 Å². The fourth-order valence-electron chi connectivity index (χ4n) is 2.53. The zero-order valence-electron chi connectivity index (χ0n) is 15.0. The van der Waals surface area contributed by atoms with Crippen molar-refractivity contribution in [2.45, 2.75) is 38.5 Å². The van der Waals surface area contributed by atoms with Gasteiger partial charge in [-0.2, -0.15) is 0 Å². The maximum atomic E-state index is 13.4. The van der Waals surface area contributed by atoms with Crippen molar-refractivity contribution in [3.8, 4) is 0 Å². The van der Waals surface area contributed by atoms with Crippen LogP contribution < -0.4 is 10.6 Å². The van der Waals surface area contributed by atoms with Gasteiger partial charge in [-0.1, -0.05) is 12.8 Å². The number of benzene rings is 2. The second-order valence-electron chi connectivity index (χ2n) is 6.26. The first-order valence-electron chi connectivity index (χ1n) is 8.85. The lowest BCUT2D eigenvalue weighted by atomic mass is 10.1. The number of anilines is 2. The van der Waals surface area contributed by atoms with E-state index in [-0.39, 0.29) is 36.0 Å². The van der Waals surface area contributed by atoms with Gasteiger partial charge in [-0.3, -0.25) is 9.59 Å². The molecule has 0 atom stereocenters. The first kappa shape index (κ1) is 21.4. The molecule has 28 heavy (non-hydrogen) atoms. The van der Waals surface area contributed by atoms with Gasteiger partial charge in [0.1, 0.15) is 23.3 Å². The normalized spacial score (nSPS) is 10.6. The third kappa shape index (κ3) is 7.02. The molecule has 2 aromatic carbocycles. The molecule has 0 fully saturated rings. The lowest BCUT2D eigenvalue weighted by Crippen LogP contribution is -2.13. The van der Waals surface area contributed by atoms with Gasteiger partial charge < -0.3 is 10.6 Å². The average molecular weight is 396 g/mol. The number of hydrogen-bond acceptors (Lipinski definition) is 2. The highest BCUT2D eigenvalue weighted by Gasteiger charge is 2.09. The standard InChI is InChI=1S/C20H20F4N2O2/c21-13-7-9-17(15(23)11-13)25-19(27)5-3-1-2-4-6-20(28)26-18-10-8-14(22)12-16(18)24/h7-12H,1-6H2,(H,25,27)(H,26,28). The summed E-state index contributed by atoms with van der Waals surface area (Å²) in [5.74, 6) is -3.87. The highest BCUT2D eigenvalue weighted by Crippen LogP contribution is 2.17. The number of carbonyl (C=O) groups excluding carboxylic acids is 2. The van der Waals surface area contributed by atoms with Crippen molar-refractivity contribution in [2.75, 3.05) is 10.6 Å². The first-order chi connectivity index (χ1) is 13.3. The molecular weight excluding hydrogens is 376 g/mol. The minimum Gasteiger partial charge on any atom is -0.324 e. The van der Waals surface area contributed by atoms with E-state index in [2.05, 4.69) is 10.6 Å². The fourth-order valence-corrected chi connectivity index (χ4v) is 2.53. The lowest BCUT2D eigenvalue weighted by molar-refractivity contribution is -0.117. The van der Waals surface area contributed by atoms with Crippen LogP contribution in [0.4, 0.5) is 28.9 Å². The summed E-state index contributed by atoms with van der Waals surface area (Å²) in [7, 11) is 0.